The number of rotatable bonds is 7. The summed E-state index contributed by atoms with van der Waals surface area (Å²) in [6.07, 6.45) is -4.80. The smallest absolute Gasteiger partial charge is 0.372 e. The number of halogens is 4. The highest BCUT2D eigenvalue weighted by Gasteiger charge is 2.26. The summed E-state index contributed by atoms with van der Waals surface area (Å²) < 4.78 is 41.8. The van der Waals surface area contributed by atoms with E-state index in [0.29, 0.717) is 11.4 Å². The van der Waals surface area contributed by atoms with Crippen LogP contribution in [0.3, 0.4) is 0 Å². The van der Waals surface area contributed by atoms with Gasteiger partial charge in [-0.1, -0.05) is 30.7 Å². The Morgan fingerprint density at radius 2 is 1.85 bits per heavy atom. The fourth-order valence-corrected chi connectivity index (χ4v) is 1.94. The standard InChI is InChI=1S/C14H19ClF3NO/c1-2-12(19)13(10-4-6-11(15)7-5-10)20-9-3-8-14(16,17)18/h4-7,12-13H,2-3,8-9,19H2,1H3. The summed E-state index contributed by atoms with van der Waals surface area (Å²) in [6.45, 7) is 1.94. The second-order valence-corrected chi connectivity index (χ2v) is 5.07. The van der Waals surface area contributed by atoms with Crippen LogP contribution in [0.4, 0.5) is 13.2 Å². The summed E-state index contributed by atoms with van der Waals surface area (Å²) in [7, 11) is 0. The molecule has 0 aliphatic heterocycles. The molecule has 0 amide bonds. The molecule has 0 aliphatic carbocycles. The van der Waals surface area contributed by atoms with Crippen LogP contribution in [0.2, 0.25) is 5.02 Å². The Labute approximate surface area is 122 Å². The number of hydrogen-bond donors (Lipinski definition) is 1. The molecule has 0 radical (unpaired) electrons. The Morgan fingerprint density at radius 3 is 2.35 bits per heavy atom. The van der Waals surface area contributed by atoms with Gasteiger partial charge in [0.2, 0.25) is 0 Å². The Hall–Kier alpha value is -0.780. The lowest BCUT2D eigenvalue weighted by atomic mass is 10.0. The van der Waals surface area contributed by atoms with E-state index < -0.39 is 18.7 Å². The number of alkyl halides is 3. The predicted molar refractivity (Wildman–Crippen MR) is 73.7 cm³/mol. The Balaban J connectivity index is 2.59. The van der Waals surface area contributed by atoms with E-state index in [-0.39, 0.29) is 19.1 Å². The van der Waals surface area contributed by atoms with Crippen molar-refractivity contribution in [3.05, 3.63) is 34.9 Å². The number of ether oxygens (including phenoxy) is 1. The molecule has 0 aromatic heterocycles. The summed E-state index contributed by atoms with van der Waals surface area (Å²) in [6, 6.07) is 6.73. The normalized spacial score (nSPS) is 15.1. The molecule has 1 aromatic carbocycles. The van der Waals surface area contributed by atoms with Crippen LogP contribution in [0.5, 0.6) is 0 Å². The number of benzene rings is 1. The third-order valence-corrected chi connectivity index (χ3v) is 3.21. The predicted octanol–water partition coefficient (Wildman–Crippen LogP) is 4.48. The first-order valence-electron chi connectivity index (χ1n) is 6.53. The quantitative estimate of drug-likeness (QED) is 0.754. The van der Waals surface area contributed by atoms with Crippen molar-refractivity contribution in [2.45, 2.75) is 44.5 Å². The molecule has 0 spiro atoms. The van der Waals surface area contributed by atoms with Crippen LogP contribution < -0.4 is 5.73 Å². The van der Waals surface area contributed by atoms with Crippen molar-refractivity contribution in [1.82, 2.24) is 0 Å². The average molecular weight is 310 g/mol. The molecule has 114 valence electrons. The molecule has 0 heterocycles. The van der Waals surface area contributed by atoms with Gasteiger partial charge in [0.1, 0.15) is 0 Å². The van der Waals surface area contributed by atoms with Gasteiger partial charge in [0.05, 0.1) is 6.10 Å². The molecule has 1 aromatic rings. The fraction of sp³-hybridized carbons (Fsp3) is 0.571. The van der Waals surface area contributed by atoms with Gasteiger partial charge in [-0.2, -0.15) is 13.2 Å². The molecule has 6 heteroatoms. The molecule has 20 heavy (non-hydrogen) atoms. The van der Waals surface area contributed by atoms with Crippen LogP contribution in [0, 0.1) is 0 Å². The fourth-order valence-electron chi connectivity index (χ4n) is 1.82. The van der Waals surface area contributed by atoms with Crippen molar-refractivity contribution in [2.75, 3.05) is 6.61 Å². The second kappa shape index (κ2) is 7.86. The zero-order valence-corrected chi connectivity index (χ0v) is 12.0. The van der Waals surface area contributed by atoms with Crippen molar-refractivity contribution in [3.63, 3.8) is 0 Å². The summed E-state index contributed by atoms with van der Waals surface area (Å²) in [5, 5.41) is 0.592. The van der Waals surface area contributed by atoms with E-state index in [1.165, 1.54) is 0 Å². The summed E-state index contributed by atoms with van der Waals surface area (Å²) in [5.74, 6) is 0. The first-order chi connectivity index (χ1) is 9.33. The molecule has 2 N–H and O–H groups in total. The highest BCUT2D eigenvalue weighted by molar-refractivity contribution is 6.30. The van der Waals surface area contributed by atoms with Crippen molar-refractivity contribution < 1.29 is 17.9 Å². The van der Waals surface area contributed by atoms with E-state index >= 15 is 0 Å². The third-order valence-electron chi connectivity index (χ3n) is 2.96. The third kappa shape index (κ3) is 6.11. The SMILES string of the molecule is CCC(N)C(OCCCC(F)(F)F)c1ccc(Cl)cc1. The maximum absolute atomic E-state index is 12.1. The molecule has 0 saturated heterocycles. The van der Waals surface area contributed by atoms with Gasteiger partial charge >= 0.3 is 6.18 Å². The van der Waals surface area contributed by atoms with E-state index in [2.05, 4.69) is 0 Å². The van der Waals surface area contributed by atoms with Crippen LogP contribution in [0.25, 0.3) is 0 Å². The average Bonchev–Trinajstić information content (AvgIpc) is 2.38. The monoisotopic (exact) mass is 309 g/mol. The van der Waals surface area contributed by atoms with E-state index in [9.17, 15) is 13.2 Å². The van der Waals surface area contributed by atoms with Crippen LogP contribution >= 0.6 is 11.6 Å². The van der Waals surface area contributed by atoms with Crippen molar-refractivity contribution >= 4 is 11.6 Å². The molecule has 2 atom stereocenters. The maximum Gasteiger partial charge on any atom is 0.389 e. The minimum atomic E-state index is -4.15. The van der Waals surface area contributed by atoms with Crippen LogP contribution in [0.1, 0.15) is 37.9 Å². The lowest BCUT2D eigenvalue weighted by Gasteiger charge is -2.24. The van der Waals surface area contributed by atoms with Gasteiger partial charge in [0, 0.05) is 24.1 Å². The molecule has 0 aliphatic rings. The minimum absolute atomic E-state index is 0.0283. The lowest BCUT2D eigenvalue weighted by Crippen LogP contribution is -2.30. The van der Waals surface area contributed by atoms with E-state index in [0.717, 1.165) is 5.56 Å². The Bertz CT molecular complexity index is 394. The van der Waals surface area contributed by atoms with Crippen molar-refractivity contribution in [3.8, 4) is 0 Å². The van der Waals surface area contributed by atoms with Gasteiger partial charge in [0.15, 0.2) is 0 Å². The van der Waals surface area contributed by atoms with Crippen molar-refractivity contribution in [1.29, 1.82) is 0 Å². The molecule has 2 nitrogen and oxygen atoms in total. The topological polar surface area (TPSA) is 35.2 Å². The van der Waals surface area contributed by atoms with E-state index in [1.807, 2.05) is 6.92 Å². The number of nitrogens with two attached hydrogens (primary N) is 1. The largest absolute Gasteiger partial charge is 0.389 e. The first-order valence-corrected chi connectivity index (χ1v) is 6.90. The first kappa shape index (κ1) is 17.3. The van der Waals surface area contributed by atoms with E-state index in [4.69, 9.17) is 22.1 Å². The molecule has 0 saturated carbocycles. The van der Waals surface area contributed by atoms with Gasteiger partial charge < -0.3 is 10.5 Å². The van der Waals surface area contributed by atoms with Gasteiger partial charge in [-0.25, -0.2) is 0 Å². The van der Waals surface area contributed by atoms with Crippen molar-refractivity contribution in [2.24, 2.45) is 5.73 Å². The van der Waals surface area contributed by atoms with Crippen LogP contribution in [-0.4, -0.2) is 18.8 Å². The molecular weight excluding hydrogens is 291 g/mol. The zero-order valence-electron chi connectivity index (χ0n) is 11.3. The molecule has 1 rings (SSSR count). The van der Waals surface area contributed by atoms with Gasteiger partial charge in [0.25, 0.3) is 0 Å². The molecule has 2 unspecified atom stereocenters. The maximum atomic E-state index is 12.1. The Kier molecular flexibility index (Phi) is 6.79. The minimum Gasteiger partial charge on any atom is -0.372 e. The molecule has 0 fully saturated rings. The second-order valence-electron chi connectivity index (χ2n) is 4.63. The highest BCUT2D eigenvalue weighted by atomic mass is 35.5. The van der Waals surface area contributed by atoms with Gasteiger partial charge in [-0.15, -0.1) is 0 Å². The summed E-state index contributed by atoms with van der Waals surface area (Å²) >= 11 is 5.81. The molecular formula is C14H19ClF3NO. The number of hydrogen-bond acceptors (Lipinski definition) is 2. The van der Waals surface area contributed by atoms with E-state index in [1.54, 1.807) is 24.3 Å². The van der Waals surface area contributed by atoms with Crippen LogP contribution in [-0.2, 0) is 4.74 Å². The van der Waals surface area contributed by atoms with Gasteiger partial charge in [-0.05, 0) is 30.5 Å². The summed E-state index contributed by atoms with van der Waals surface area (Å²) in [5.41, 5.74) is 6.80. The summed E-state index contributed by atoms with van der Waals surface area (Å²) in [4.78, 5) is 0. The highest BCUT2D eigenvalue weighted by Crippen LogP contribution is 2.26. The lowest BCUT2D eigenvalue weighted by molar-refractivity contribution is -0.139. The van der Waals surface area contributed by atoms with Gasteiger partial charge in [-0.3, -0.25) is 0 Å². The molecule has 0 bridgehead atoms. The zero-order chi connectivity index (χ0) is 15.2. The Morgan fingerprint density at radius 1 is 1.25 bits per heavy atom. The van der Waals surface area contributed by atoms with Crippen LogP contribution in [0.15, 0.2) is 24.3 Å².